The summed E-state index contributed by atoms with van der Waals surface area (Å²) >= 11 is 0. The summed E-state index contributed by atoms with van der Waals surface area (Å²) in [6, 6.07) is 8.40. The quantitative estimate of drug-likeness (QED) is 0.250. The van der Waals surface area contributed by atoms with Crippen molar-refractivity contribution in [2.24, 2.45) is 12.0 Å². The molecule has 2 aromatic rings. The van der Waals surface area contributed by atoms with Crippen LogP contribution in [0.15, 0.2) is 41.7 Å². The van der Waals surface area contributed by atoms with Crippen LogP contribution in [0.25, 0.3) is 0 Å². The first-order valence-electron chi connectivity index (χ1n) is 11.0. The number of aromatic nitrogens is 2. The lowest BCUT2D eigenvalue weighted by Crippen LogP contribution is -2.43. The van der Waals surface area contributed by atoms with E-state index in [2.05, 4.69) is 37.8 Å². The second-order valence-electron chi connectivity index (χ2n) is 8.25. The number of rotatable bonds is 9. The van der Waals surface area contributed by atoms with Crippen molar-refractivity contribution < 1.29 is 9.84 Å². The molecule has 0 radical (unpaired) electrons. The smallest absolute Gasteiger partial charge is 0.191 e. The minimum atomic E-state index is -1.09. The predicted octanol–water partition coefficient (Wildman–Crippen LogP) is 2.65. The largest absolute Gasteiger partial charge is 0.496 e. The van der Waals surface area contributed by atoms with E-state index in [0.29, 0.717) is 12.5 Å². The molecule has 9 heteroatoms. The van der Waals surface area contributed by atoms with Crippen LogP contribution in [0.3, 0.4) is 0 Å². The fourth-order valence-electron chi connectivity index (χ4n) is 3.99. The van der Waals surface area contributed by atoms with Gasteiger partial charge in [0.2, 0.25) is 0 Å². The molecule has 0 spiro atoms. The summed E-state index contributed by atoms with van der Waals surface area (Å²) in [6.45, 7) is 7.62. The van der Waals surface area contributed by atoms with E-state index in [9.17, 15) is 5.11 Å². The van der Waals surface area contributed by atoms with Crippen molar-refractivity contribution >= 4 is 29.9 Å². The van der Waals surface area contributed by atoms with Crippen LogP contribution in [-0.4, -0.2) is 65.6 Å². The van der Waals surface area contributed by atoms with Gasteiger partial charge in [0.15, 0.2) is 5.96 Å². The van der Waals surface area contributed by atoms with Gasteiger partial charge in [0, 0.05) is 37.5 Å². The lowest BCUT2D eigenvalue weighted by molar-refractivity contribution is 0.0671. The summed E-state index contributed by atoms with van der Waals surface area (Å²) in [7, 11) is 3.56. The number of hydrogen-bond acceptors (Lipinski definition) is 5. The summed E-state index contributed by atoms with van der Waals surface area (Å²) in [5, 5.41) is 21.8. The van der Waals surface area contributed by atoms with Crippen LogP contribution in [-0.2, 0) is 12.6 Å². The molecule has 1 aliphatic heterocycles. The molecule has 2 atom stereocenters. The second-order valence-corrected chi connectivity index (χ2v) is 8.25. The average molecular weight is 556 g/mol. The molecule has 0 aliphatic carbocycles. The molecule has 1 fully saturated rings. The summed E-state index contributed by atoms with van der Waals surface area (Å²) in [6.07, 6.45) is 5.93. The molecule has 3 rings (SSSR count). The zero-order valence-corrected chi connectivity index (χ0v) is 21.9. The number of halogens is 1. The molecule has 32 heavy (non-hydrogen) atoms. The van der Waals surface area contributed by atoms with Crippen molar-refractivity contribution in [3.05, 3.63) is 47.8 Å². The minimum Gasteiger partial charge on any atom is -0.496 e. The van der Waals surface area contributed by atoms with Crippen LogP contribution < -0.4 is 15.4 Å². The van der Waals surface area contributed by atoms with Gasteiger partial charge in [0.25, 0.3) is 0 Å². The minimum absolute atomic E-state index is 0. The molecule has 1 aliphatic rings. The van der Waals surface area contributed by atoms with Crippen molar-refractivity contribution in [1.82, 2.24) is 25.3 Å². The van der Waals surface area contributed by atoms with Gasteiger partial charge in [-0.3, -0.25) is 9.58 Å². The maximum Gasteiger partial charge on any atom is 0.191 e. The van der Waals surface area contributed by atoms with E-state index in [4.69, 9.17) is 4.74 Å². The summed E-state index contributed by atoms with van der Waals surface area (Å²) in [5.74, 6) is 1.59. The van der Waals surface area contributed by atoms with E-state index < -0.39 is 5.60 Å². The molecule has 1 aromatic heterocycles. The Morgan fingerprint density at radius 2 is 2.00 bits per heavy atom. The summed E-state index contributed by atoms with van der Waals surface area (Å²) in [4.78, 5) is 7.16. The lowest BCUT2D eigenvalue weighted by Gasteiger charge is -2.30. The monoisotopic (exact) mass is 556 g/mol. The van der Waals surface area contributed by atoms with E-state index in [1.807, 2.05) is 32.3 Å². The Balaban J connectivity index is 0.00000363. The van der Waals surface area contributed by atoms with E-state index in [1.165, 1.54) is 18.4 Å². The highest BCUT2D eigenvalue weighted by Gasteiger charge is 2.27. The molecular formula is C23H37IN6O2. The van der Waals surface area contributed by atoms with E-state index in [1.54, 1.807) is 24.9 Å². The Kier molecular flexibility index (Phi) is 10.2. The fraction of sp³-hybridized carbons (Fsp3) is 0.565. The Bertz CT molecular complexity index is 864. The number of guanidine groups is 1. The third-order valence-electron chi connectivity index (χ3n) is 5.76. The lowest BCUT2D eigenvalue weighted by atomic mass is 10.0. The maximum absolute atomic E-state index is 10.9. The van der Waals surface area contributed by atoms with E-state index >= 15 is 0 Å². The van der Waals surface area contributed by atoms with Crippen molar-refractivity contribution in [2.75, 3.05) is 39.8 Å². The standard InChI is InChI=1S/C23H36N6O2.HI/c1-5-24-22(26-17-23(2,30)18-14-27-28(3)16-18)25-15-20(29-12-8-9-13-29)19-10-6-7-11-21(19)31-4;/h6-7,10-11,14,16,20,30H,5,8-9,12-13,15,17H2,1-4H3,(H2,24,25,26);1H. The van der Waals surface area contributed by atoms with Gasteiger partial charge in [-0.1, -0.05) is 18.2 Å². The second kappa shape index (κ2) is 12.4. The first-order valence-corrected chi connectivity index (χ1v) is 11.0. The number of ether oxygens (including phenoxy) is 1. The molecule has 1 aromatic carbocycles. The molecule has 3 N–H and O–H groups in total. The van der Waals surface area contributed by atoms with Gasteiger partial charge in [0.1, 0.15) is 11.4 Å². The van der Waals surface area contributed by atoms with E-state index in [0.717, 1.165) is 30.9 Å². The molecule has 0 bridgehead atoms. The third-order valence-corrected chi connectivity index (χ3v) is 5.76. The van der Waals surface area contributed by atoms with Crippen molar-refractivity contribution in [1.29, 1.82) is 0 Å². The normalized spacial score (nSPS) is 17.3. The highest BCUT2D eigenvalue weighted by Crippen LogP contribution is 2.31. The van der Waals surface area contributed by atoms with Crippen LogP contribution in [0.4, 0.5) is 0 Å². The van der Waals surface area contributed by atoms with Crippen LogP contribution in [0.1, 0.15) is 43.9 Å². The number of aliphatic hydroxyl groups is 1. The van der Waals surface area contributed by atoms with Crippen LogP contribution >= 0.6 is 24.0 Å². The Hall–Kier alpha value is -1.85. The van der Waals surface area contributed by atoms with Crippen LogP contribution in [0, 0.1) is 0 Å². The number of aryl methyl sites for hydroxylation is 1. The number of likely N-dealkylation sites (tertiary alicyclic amines) is 1. The Morgan fingerprint density at radius 1 is 1.28 bits per heavy atom. The predicted molar refractivity (Wildman–Crippen MR) is 139 cm³/mol. The molecule has 178 valence electrons. The molecule has 8 nitrogen and oxygen atoms in total. The average Bonchev–Trinajstić information content (AvgIpc) is 3.45. The van der Waals surface area contributed by atoms with Crippen molar-refractivity contribution in [2.45, 2.75) is 38.3 Å². The van der Waals surface area contributed by atoms with Crippen LogP contribution in [0.5, 0.6) is 5.75 Å². The summed E-state index contributed by atoms with van der Waals surface area (Å²) in [5.41, 5.74) is 0.837. The van der Waals surface area contributed by atoms with Crippen molar-refractivity contribution in [3.63, 3.8) is 0 Å². The SMILES string of the molecule is CCNC(=NCC(C)(O)c1cnn(C)c1)NCC(c1ccccc1OC)N1CCCC1.I. The van der Waals surface area contributed by atoms with Gasteiger partial charge in [-0.2, -0.15) is 5.10 Å². The third kappa shape index (κ3) is 6.82. The molecule has 2 heterocycles. The zero-order valence-electron chi connectivity index (χ0n) is 19.5. The van der Waals surface area contributed by atoms with Gasteiger partial charge in [-0.15, -0.1) is 24.0 Å². The highest BCUT2D eigenvalue weighted by atomic mass is 127. The van der Waals surface area contributed by atoms with Gasteiger partial charge in [0.05, 0.1) is 25.9 Å². The van der Waals surface area contributed by atoms with Crippen LogP contribution in [0.2, 0.25) is 0 Å². The fourth-order valence-corrected chi connectivity index (χ4v) is 3.99. The maximum atomic E-state index is 10.9. The van der Waals surface area contributed by atoms with E-state index in [-0.39, 0.29) is 36.6 Å². The number of hydrogen-bond donors (Lipinski definition) is 3. The number of benzene rings is 1. The van der Waals surface area contributed by atoms with Crippen molar-refractivity contribution in [3.8, 4) is 5.75 Å². The topological polar surface area (TPSA) is 86.9 Å². The van der Waals surface area contributed by atoms with Gasteiger partial charge < -0.3 is 20.5 Å². The van der Waals surface area contributed by atoms with Gasteiger partial charge in [-0.05, 0) is 45.8 Å². The molecule has 0 amide bonds. The van der Waals surface area contributed by atoms with Gasteiger partial charge in [-0.25, -0.2) is 4.99 Å². The number of nitrogens with one attached hydrogen (secondary N) is 2. The zero-order chi connectivity index (χ0) is 22.3. The Morgan fingerprint density at radius 3 is 2.62 bits per heavy atom. The molecule has 1 saturated heterocycles. The Labute approximate surface area is 208 Å². The number of aliphatic imine (C=N–C) groups is 1. The molecule has 2 unspecified atom stereocenters. The first kappa shape index (κ1) is 26.4. The molecule has 0 saturated carbocycles. The van der Waals surface area contributed by atoms with Gasteiger partial charge >= 0.3 is 0 Å². The highest BCUT2D eigenvalue weighted by molar-refractivity contribution is 14.0. The number of nitrogens with zero attached hydrogens (tertiary/aromatic N) is 4. The molecular weight excluding hydrogens is 519 g/mol. The number of para-hydroxylation sites is 1. The summed E-state index contributed by atoms with van der Waals surface area (Å²) < 4.78 is 7.33. The number of methoxy groups -OCH3 is 1. The first-order chi connectivity index (χ1) is 14.9.